The van der Waals surface area contributed by atoms with Gasteiger partial charge in [-0.05, 0) is 72.1 Å². The summed E-state index contributed by atoms with van der Waals surface area (Å²) in [5, 5.41) is 22.4. The molecule has 3 nitrogen and oxygen atoms in total. The highest BCUT2D eigenvalue weighted by Crippen LogP contribution is 2.39. The second-order valence-corrected chi connectivity index (χ2v) is 8.44. The van der Waals surface area contributed by atoms with Crippen LogP contribution in [0.15, 0.2) is 140 Å². The Bertz CT molecular complexity index is 1220. The fourth-order valence-electron chi connectivity index (χ4n) is 4.07. The first-order valence-corrected chi connectivity index (χ1v) is 11.6. The molecule has 0 heterocycles. The average Bonchev–Trinajstić information content (AvgIpc) is 2.91. The summed E-state index contributed by atoms with van der Waals surface area (Å²) in [5.74, 6) is 0.509. The van der Waals surface area contributed by atoms with Crippen LogP contribution in [0.5, 0.6) is 11.5 Å². The topological polar surface area (TPSA) is 52.5 Å². The number of hydrogen-bond acceptors (Lipinski definition) is 3. The van der Waals surface area contributed by atoms with Gasteiger partial charge in [0.1, 0.15) is 11.5 Å². The predicted octanol–water partition coefficient (Wildman–Crippen LogP) is 7.88. The summed E-state index contributed by atoms with van der Waals surface area (Å²) in [6, 6.07) is 45.1. The minimum Gasteiger partial charge on any atom is -0.508 e. The molecule has 0 aromatic heterocycles. The van der Waals surface area contributed by atoms with E-state index < -0.39 is 0 Å². The van der Waals surface area contributed by atoms with E-state index in [1.54, 1.807) is 24.3 Å². The number of anilines is 2. The van der Waals surface area contributed by atoms with Gasteiger partial charge >= 0.3 is 0 Å². The summed E-state index contributed by atoms with van der Waals surface area (Å²) < 4.78 is 0. The van der Waals surface area contributed by atoms with Gasteiger partial charge in [0.15, 0.2) is 0 Å². The molecular weight excluding hydrogens is 430 g/mol. The Morgan fingerprint density at radius 2 is 0.743 bits per heavy atom. The van der Waals surface area contributed by atoms with Crippen molar-refractivity contribution in [2.45, 2.75) is 12.3 Å². The predicted molar refractivity (Wildman–Crippen MR) is 144 cm³/mol. The maximum atomic E-state index is 9.57. The van der Waals surface area contributed by atoms with E-state index in [4.69, 9.17) is 0 Å². The molecule has 0 unspecified atom stereocenters. The third-order valence-electron chi connectivity index (χ3n) is 6.08. The molecule has 0 saturated heterocycles. The fraction of sp³-hybridized carbons (Fsp3) is 0.0625. The second-order valence-electron chi connectivity index (χ2n) is 8.44. The Kier molecular flexibility index (Phi) is 7.49. The Morgan fingerprint density at radius 1 is 0.429 bits per heavy atom. The largest absolute Gasteiger partial charge is 0.508 e. The zero-order valence-electron chi connectivity index (χ0n) is 19.7. The van der Waals surface area contributed by atoms with E-state index in [9.17, 15) is 10.2 Å². The number of nitrogens with one attached hydrogen (secondary N) is 1. The molecule has 0 spiro atoms. The molecule has 0 aliphatic carbocycles. The summed E-state index contributed by atoms with van der Waals surface area (Å²) in [6.45, 7) is 2.15. The van der Waals surface area contributed by atoms with Gasteiger partial charge in [-0.2, -0.15) is 0 Å². The van der Waals surface area contributed by atoms with Crippen LogP contribution in [0, 0.1) is 0 Å². The molecule has 0 bridgehead atoms. The molecule has 5 rings (SSSR count). The van der Waals surface area contributed by atoms with E-state index in [0.717, 1.165) is 28.1 Å². The van der Waals surface area contributed by atoms with E-state index in [1.165, 1.54) is 0 Å². The molecule has 0 radical (unpaired) electrons. The Hall–Kier alpha value is -4.50. The first-order valence-electron chi connectivity index (χ1n) is 11.6. The van der Waals surface area contributed by atoms with Crippen molar-refractivity contribution in [2.24, 2.45) is 0 Å². The number of aromatic hydroxyl groups is 2. The average molecular weight is 460 g/mol. The van der Waals surface area contributed by atoms with Crippen LogP contribution >= 0.6 is 0 Å². The molecule has 174 valence electrons. The van der Waals surface area contributed by atoms with E-state index in [-0.39, 0.29) is 16.9 Å². The Balaban J connectivity index is 0.000000189. The van der Waals surface area contributed by atoms with Crippen molar-refractivity contribution in [3.8, 4) is 11.5 Å². The number of para-hydroxylation sites is 2. The Morgan fingerprint density at radius 3 is 1.11 bits per heavy atom. The minimum atomic E-state index is -0.358. The van der Waals surface area contributed by atoms with Crippen molar-refractivity contribution in [1.29, 1.82) is 0 Å². The quantitative estimate of drug-likeness (QED) is 0.234. The fourth-order valence-corrected chi connectivity index (χ4v) is 4.07. The van der Waals surface area contributed by atoms with Gasteiger partial charge in [0.25, 0.3) is 0 Å². The summed E-state index contributed by atoms with van der Waals surface area (Å²) >= 11 is 0. The van der Waals surface area contributed by atoms with Crippen LogP contribution in [0.1, 0.15) is 23.6 Å². The van der Waals surface area contributed by atoms with E-state index in [1.807, 2.05) is 103 Å². The van der Waals surface area contributed by atoms with Gasteiger partial charge in [0.2, 0.25) is 0 Å². The van der Waals surface area contributed by atoms with Gasteiger partial charge in [0.05, 0.1) is 0 Å². The summed E-state index contributed by atoms with van der Waals surface area (Å²) in [7, 11) is 0. The lowest BCUT2D eigenvalue weighted by molar-refractivity contribution is 0.474. The number of phenols is 2. The van der Waals surface area contributed by atoms with Crippen molar-refractivity contribution < 1.29 is 10.2 Å². The maximum Gasteiger partial charge on any atom is 0.115 e. The molecule has 0 atom stereocenters. The molecule has 5 aromatic carbocycles. The van der Waals surface area contributed by atoms with Crippen molar-refractivity contribution >= 4 is 11.4 Å². The molecule has 0 saturated carbocycles. The van der Waals surface area contributed by atoms with Crippen LogP contribution < -0.4 is 5.32 Å². The van der Waals surface area contributed by atoms with Crippen LogP contribution in [-0.4, -0.2) is 10.2 Å². The van der Waals surface area contributed by atoms with Crippen LogP contribution in [0.25, 0.3) is 0 Å². The van der Waals surface area contributed by atoms with Gasteiger partial charge in [-0.1, -0.05) is 91.0 Å². The highest BCUT2D eigenvalue weighted by molar-refractivity contribution is 5.58. The highest BCUT2D eigenvalue weighted by atomic mass is 16.3. The monoisotopic (exact) mass is 459 g/mol. The highest BCUT2D eigenvalue weighted by Gasteiger charge is 2.30. The third-order valence-corrected chi connectivity index (χ3v) is 6.08. The van der Waals surface area contributed by atoms with Crippen molar-refractivity contribution in [2.75, 3.05) is 5.32 Å². The zero-order valence-corrected chi connectivity index (χ0v) is 19.7. The molecule has 0 aliphatic heterocycles. The van der Waals surface area contributed by atoms with Crippen LogP contribution in [0.4, 0.5) is 11.4 Å². The summed E-state index contributed by atoms with van der Waals surface area (Å²) in [5.41, 5.74) is 5.21. The van der Waals surface area contributed by atoms with Gasteiger partial charge in [-0.25, -0.2) is 0 Å². The summed E-state index contributed by atoms with van der Waals surface area (Å²) in [6.07, 6.45) is 0. The van der Waals surface area contributed by atoms with Gasteiger partial charge < -0.3 is 15.5 Å². The van der Waals surface area contributed by atoms with Crippen LogP contribution in [0.2, 0.25) is 0 Å². The lowest BCUT2D eigenvalue weighted by Gasteiger charge is -2.32. The molecule has 0 amide bonds. The maximum absolute atomic E-state index is 9.57. The molecular formula is C32H29NO2. The second kappa shape index (κ2) is 11.1. The van der Waals surface area contributed by atoms with Crippen LogP contribution in [0.3, 0.4) is 0 Å². The summed E-state index contributed by atoms with van der Waals surface area (Å²) in [4.78, 5) is 0. The van der Waals surface area contributed by atoms with Crippen LogP contribution in [-0.2, 0) is 5.41 Å². The zero-order chi connectivity index (χ0) is 24.5. The SMILES string of the molecule is CC(c1ccccc1)(c1ccc(O)cc1)c1ccc(O)cc1.c1ccc(Nc2ccccc2)cc1. The number of rotatable bonds is 5. The van der Waals surface area contributed by atoms with Crippen molar-refractivity contribution in [3.63, 3.8) is 0 Å². The van der Waals surface area contributed by atoms with Gasteiger partial charge in [-0.15, -0.1) is 0 Å². The smallest absolute Gasteiger partial charge is 0.115 e. The van der Waals surface area contributed by atoms with Gasteiger partial charge in [-0.3, -0.25) is 0 Å². The van der Waals surface area contributed by atoms with E-state index in [2.05, 4.69) is 24.4 Å². The lowest BCUT2D eigenvalue weighted by atomic mass is 9.71. The molecule has 3 heteroatoms. The number of hydrogen-bond donors (Lipinski definition) is 3. The molecule has 0 fully saturated rings. The van der Waals surface area contributed by atoms with E-state index in [0.29, 0.717) is 0 Å². The standard InChI is InChI=1S/C20H18O2.C12H11N/c1-20(15-5-3-2-4-6-15,16-7-11-18(21)12-8-16)17-9-13-19(22)14-10-17;1-3-7-11(8-4-1)13-12-9-5-2-6-10-12/h2-14,21-22H,1H3;1-10,13H. The van der Waals surface area contributed by atoms with E-state index >= 15 is 0 Å². The normalized spacial score (nSPS) is 10.7. The lowest BCUT2D eigenvalue weighted by Crippen LogP contribution is -2.25. The molecule has 35 heavy (non-hydrogen) atoms. The van der Waals surface area contributed by atoms with Crippen molar-refractivity contribution in [3.05, 3.63) is 156 Å². The molecule has 5 aromatic rings. The first-order chi connectivity index (χ1) is 17.1. The van der Waals surface area contributed by atoms with Gasteiger partial charge in [0, 0.05) is 16.8 Å². The first kappa shape index (κ1) is 23.7. The Labute approximate surface area is 207 Å². The molecule has 0 aliphatic rings. The minimum absolute atomic E-state index is 0.255. The molecule has 3 N–H and O–H groups in total. The number of phenolic OH excluding ortho intramolecular Hbond substituents is 2. The van der Waals surface area contributed by atoms with Crippen molar-refractivity contribution in [1.82, 2.24) is 0 Å². The third kappa shape index (κ3) is 5.90. The number of benzene rings is 5.